The van der Waals surface area contributed by atoms with Crippen LogP contribution in [-0.2, 0) is 9.53 Å². The third-order valence-corrected chi connectivity index (χ3v) is 3.97. The SMILES string of the molecule is CCCC=CC(CCCCCCCCCCCC)OC(C)=O. The summed E-state index contributed by atoms with van der Waals surface area (Å²) in [5.41, 5.74) is 0. The van der Waals surface area contributed by atoms with Crippen LogP contribution < -0.4 is 0 Å². The minimum absolute atomic E-state index is 0.0157. The molecule has 22 heavy (non-hydrogen) atoms. The van der Waals surface area contributed by atoms with Gasteiger partial charge in [-0.15, -0.1) is 0 Å². The van der Waals surface area contributed by atoms with Crippen molar-refractivity contribution in [3.8, 4) is 0 Å². The van der Waals surface area contributed by atoms with Gasteiger partial charge in [0.1, 0.15) is 6.10 Å². The first kappa shape index (κ1) is 21.2. The summed E-state index contributed by atoms with van der Waals surface area (Å²) in [7, 11) is 0. The van der Waals surface area contributed by atoms with Crippen LogP contribution in [0.2, 0.25) is 0 Å². The normalized spacial score (nSPS) is 12.7. The molecule has 1 unspecified atom stereocenters. The van der Waals surface area contributed by atoms with E-state index in [1.165, 1.54) is 64.7 Å². The summed E-state index contributed by atoms with van der Waals surface area (Å²) in [6.45, 7) is 5.92. The molecule has 0 saturated carbocycles. The second kappa shape index (κ2) is 16.6. The smallest absolute Gasteiger partial charge is 0.303 e. The maximum Gasteiger partial charge on any atom is 0.303 e. The first-order chi connectivity index (χ1) is 10.7. The van der Waals surface area contributed by atoms with Crippen LogP contribution in [0.25, 0.3) is 0 Å². The van der Waals surface area contributed by atoms with E-state index in [1.807, 2.05) is 0 Å². The van der Waals surface area contributed by atoms with E-state index in [9.17, 15) is 4.79 Å². The molecule has 0 spiro atoms. The summed E-state index contributed by atoms with van der Waals surface area (Å²) in [6.07, 6.45) is 20.8. The number of unbranched alkanes of at least 4 members (excludes halogenated alkanes) is 10. The molecule has 1 atom stereocenters. The zero-order valence-electron chi connectivity index (χ0n) is 15.2. The molecule has 0 aliphatic carbocycles. The molecule has 0 radical (unpaired) electrons. The average Bonchev–Trinajstić information content (AvgIpc) is 2.48. The van der Waals surface area contributed by atoms with Crippen LogP contribution in [0.5, 0.6) is 0 Å². The highest BCUT2D eigenvalue weighted by molar-refractivity contribution is 5.66. The summed E-state index contributed by atoms with van der Waals surface area (Å²) >= 11 is 0. The fourth-order valence-electron chi connectivity index (χ4n) is 2.66. The lowest BCUT2D eigenvalue weighted by molar-refractivity contribution is -0.144. The molecule has 0 aliphatic heterocycles. The molecule has 0 saturated heterocycles. The van der Waals surface area contributed by atoms with Crippen LogP contribution in [0.4, 0.5) is 0 Å². The summed E-state index contributed by atoms with van der Waals surface area (Å²) in [5.74, 6) is -0.168. The van der Waals surface area contributed by atoms with E-state index in [1.54, 1.807) is 0 Å². The third-order valence-electron chi connectivity index (χ3n) is 3.97. The van der Waals surface area contributed by atoms with E-state index in [0.29, 0.717) is 0 Å². The Balaban J connectivity index is 3.56. The highest BCUT2D eigenvalue weighted by atomic mass is 16.5. The first-order valence-corrected chi connectivity index (χ1v) is 9.54. The van der Waals surface area contributed by atoms with Crippen molar-refractivity contribution in [3.63, 3.8) is 0 Å². The van der Waals surface area contributed by atoms with Gasteiger partial charge in [-0.2, -0.15) is 0 Å². The maximum absolute atomic E-state index is 11.1. The van der Waals surface area contributed by atoms with E-state index >= 15 is 0 Å². The summed E-state index contributed by atoms with van der Waals surface area (Å²) < 4.78 is 5.35. The fourth-order valence-corrected chi connectivity index (χ4v) is 2.66. The molecule has 0 aromatic carbocycles. The first-order valence-electron chi connectivity index (χ1n) is 9.54. The molecule has 0 aromatic heterocycles. The topological polar surface area (TPSA) is 26.3 Å². The molecule has 0 amide bonds. The molecular weight excluding hydrogens is 272 g/mol. The second-order valence-corrected chi connectivity index (χ2v) is 6.34. The highest BCUT2D eigenvalue weighted by Gasteiger charge is 2.07. The number of esters is 1. The Bertz CT molecular complexity index is 271. The van der Waals surface area contributed by atoms with Crippen molar-refractivity contribution in [3.05, 3.63) is 12.2 Å². The molecule has 0 heterocycles. The van der Waals surface area contributed by atoms with Crippen molar-refractivity contribution < 1.29 is 9.53 Å². The number of ether oxygens (including phenoxy) is 1. The third kappa shape index (κ3) is 15.6. The van der Waals surface area contributed by atoms with Gasteiger partial charge < -0.3 is 4.74 Å². The van der Waals surface area contributed by atoms with Crippen LogP contribution in [0.15, 0.2) is 12.2 Å². The summed E-state index contributed by atoms with van der Waals surface area (Å²) in [5, 5.41) is 0. The van der Waals surface area contributed by atoms with Crippen molar-refractivity contribution in [2.45, 2.75) is 110 Å². The molecular formula is C20H38O2. The van der Waals surface area contributed by atoms with Gasteiger partial charge in [-0.05, 0) is 25.3 Å². The minimum atomic E-state index is -0.168. The quantitative estimate of drug-likeness (QED) is 0.194. The van der Waals surface area contributed by atoms with Gasteiger partial charge in [-0.1, -0.05) is 84.1 Å². The Morgan fingerprint density at radius 2 is 1.41 bits per heavy atom. The molecule has 2 heteroatoms. The molecule has 0 fully saturated rings. The van der Waals surface area contributed by atoms with Crippen LogP contribution in [0.1, 0.15) is 104 Å². The number of allylic oxidation sites excluding steroid dienone is 1. The Labute approximate surface area is 138 Å². The Morgan fingerprint density at radius 3 is 1.91 bits per heavy atom. The zero-order valence-corrected chi connectivity index (χ0v) is 15.2. The molecule has 0 bridgehead atoms. The van der Waals surface area contributed by atoms with Gasteiger partial charge in [0.2, 0.25) is 0 Å². The van der Waals surface area contributed by atoms with E-state index in [-0.39, 0.29) is 12.1 Å². The van der Waals surface area contributed by atoms with Gasteiger partial charge in [0.25, 0.3) is 0 Å². The van der Waals surface area contributed by atoms with Crippen molar-refractivity contribution in [2.24, 2.45) is 0 Å². The van der Waals surface area contributed by atoms with Crippen molar-refractivity contribution in [1.82, 2.24) is 0 Å². The predicted octanol–water partition coefficient (Wildman–Crippen LogP) is 6.59. The molecule has 0 aromatic rings. The van der Waals surface area contributed by atoms with Crippen molar-refractivity contribution >= 4 is 5.97 Å². The molecule has 2 nitrogen and oxygen atoms in total. The van der Waals surface area contributed by atoms with Crippen LogP contribution in [0, 0.1) is 0 Å². The minimum Gasteiger partial charge on any atom is -0.458 e. The van der Waals surface area contributed by atoms with Crippen LogP contribution >= 0.6 is 0 Å². The largest absolute Gasteiger partial charge is 0.458 e. The number of rotatable bonds is 15. The van der Waals surface area contributed by atoms with Gasteiger partial charge in [0.15, 0.2) is 0 Å². The number of carbonyl (C=O) groups excluding carboxylic acids is 1. The Morgan fingerprint density at radius 1 is 0.864 bits per heavy atom. The average molecular weight is 311 g/mol. The number of hydrogen-bond acceptors (Lipinski definition) is 2. The van der Waals surface area contributed by atoms with Gasteiger partial charge in [-0.3, -0.25) is 4.79 Å². The van der Waals surface area contributed by atoms with Crippen LogP contribution in [0.3, 0.4) is 0 Å². The highest BCUT2D eigenvalue weighted by Crippen LogP contribution is 2.13. The summed E-state index contributed by atoms with van der Waals surface area (Å²) in [6, 6.07) is 0. The Hall–Kier alpha value is -0.790. The van der Waals surface area contributed by atoms with Gasteiger partial charge in [0, 0.05) is 6.92 Å². The van der Waals surface area contributed by atoms with Gasteiger partial charge >= 0.3 is 5.97 Å². The Kier molecular flexibility index (Phi) is 16.0. The lowest BCUT2D eigenvalue weighted by Crippen LogP contribution is -2.13. The maximum atomic E-state index is 11.1. The predicted molar refractivity (Wildman–Crippen MR) is 96.1 cm³/mol. The lowest BCUT2D eigenvalue weighted by Gasteiger charge is -2.13. The van der Waals surface area contributed by atoms with E-state index in [2.05, 4.69) is 26.0 Å². The standard InChI is InChI=1S/C20H38O2/c1-4-6-8-9-10-11-12-13-14-16-18-20(22-19(3)21)17-15-7-5-2/h15,17,20H,4-14,16,18H2,1-3H3. The van der Waals surface area contributed by atoms with E-state index in [0.717, 1.165) is 25.7 Å². The van der Waals surface area contributed by atoms with E-state index < -0.39 is 0 Å². The van der Waals surface area contributed by atoms with Crippen molar-refractivity contribution in [1.29, 1.82) is 0 Å². The fraction of sp³-hybridized carbons (Fsp3) is 0.850. The second-order valence-electron chi connectivity index (χ2n) is 6.34. The molecule has 130 valence electrons. The number of hydrogen-bond donors (Lipinski definition) is 0. The molecule has 0 aliphatic rings. The summed E-state index contributed by atoms with van der Waals surface area (Å²) in [4.78, 5) is 11.1. The van der Waals surface area contributed by atoms with Gasteiger partial charge in [0.05, 0.1) is 0 Å². The monoisotopic (exact) mass is 310 g/mol. The van der Waals surface area contributed by atoms with Crippen LogP contribution in [-0.4, -0.2) is 12.1 Å². The van der Waals surface area contributed by atoms with E-state index in [4.69, 9.17) is 4.74 Å². The van der Waals surface area contributed by atoms with Gasteiger partial charge in [-0.25, -0.2) is 0 Å². The van der Waals surface area contributed by atoms with Crippen molar-refractivity contribution in [2.75, 3.05) is 0 Å². The number of carbonyl (C=O) groups is 1. The molecule has 0 N–H and O–H groups in total. The molecule has 0 rings (SSSR count). The zero-order chi connectivity index (χ0) is 16.5. The lowest BCUT2D eigenvalue weighted by atomic mass is 10.0.